The van der Waals surface area contributed by atoms with E-state index >= 15 is 0 Å². The topological polar surface area (TPSA) is 51.3 Å². The molecule has 0 aliphatic carbocycles. The zero-order valence-electron chi connectivity index (χ0n) is 15.7. The van der Waals surface area contributed by atoms with Crippen LogP contribution in [0, 0.1) is 0 Å². The van der Waals surface area contributed by atoms with Gasteiger partial charge in [0.05, 0.1) is 5.39 Å². The van der Waals surface area contributed by atoms with Gasteiger partial charge in [0, 0.05) is 57.4 Å². The van der Waals surface area contributed by atoms with E-state index in [1.807, 2.05) is 6.20 Å². The average molecular weight is 342 g/mol. The van der Waals surface area contributed by atoms with Crippen LogP contribution in [0.15, 0.2) is 12.3 Å². The summed E-state index contributed by atoms with van der Waals surface area (Å²) in [7, 11) is 0. The first kappa shape index (κ1) is 16.8. The van der Waals surface area contributed by atoms with Crippen molar-refractivity contribution in [2.75, 3.05) is 50.7 Å². The quantitative estimate of drug-likeness (QED) is 0.924. The number of aromatic nitrogens is 3. The van der Waals surface area contributed by atoms with Gasteiger partial charge in [0.25, 0.3) is 0 Å². The molecule has 6 nitrogen and oxygen atoms in total. The molecule has 2 fully saturated rings. The number of nitrogens with one attached hydrogen (secondary N) is 1. The van der Waals surface area contributed by atoms with Gasteiger partial charge in [-0.25, -0.2) is 9.97 Å². The highest BCUT2D eigenvalue weighted by molar-refractivity contribution is 5.87. The second-order valence-corrected chi connectivity index (χ2v) is 7.66. The molecule has 4 rings (SSSR count). The SMILES string of the molecule is CCN1CCN([C@H]2CCN(c3nc(C(C)C)nc4[nH]ccc34)C2)CC1. The van der Waals surface area contributed by atoms with E-state index in [2.05, 4.69) is 51.5 Å². The molecular weight excluding hydrogens is 312 g/mol. The van der Waals surface area contributed by atoms with E-state index in [4.69, 9.17) is 4.98 Å². The summed E-state index contributed by atoms with van der Waals surface area (Å²) in [5.41, 5.74) is 0.966. The maximum atomic E-state index is 4.93. The van der Waals surface area contributed by atoms with Gasteiger partial charge in [-0.15, -0.1) is 0 Å². The number of nitrogens with zero attached hydrogens (tertiary/aromatic N) is 5. The second kappa shape index (κ2) is 6.92. The van der Waals surface area contributed by atoms with Crippen molar-refractivity contribution in [2.45, 2.75) is 39.2 Å². The Morgan fingerprint density at radius 3 is 2.68 bits per heavy atom. The van der Waals surface area contributed by atoms with Crippen molar-refractivity contribution in [1.29, 1.82) is 0 Å². The molecule has 6 heteroatoms. The number of piperazine rings is 1. The van der Waals surface area contributed by atoms with E-state index < -0.39 is 0 Å². The van der Waals surface area contributed by atoms with Gasteiger partial charge in [-0.2, -0.15) is 0 Å². The molecule has 0 unspecified atom stereocenters. The fraction of sp³-hybridized carbons (Fsp3) is 0.684. The minimum Gasteiger partial charge on any atom is -0.354 e. The first-order chi connectivity index (χ1) is 12.2. The third-order valence-corrected chi connectivity index (χ3v) is 5.76. The summed E-state index contributed by atoms with van der Waals surface area (Å²) in [6, 6.07) is 2.77. The van der Waals surface area contributed by atoms with E-state index in [-0.39, 0.29) is 0 Å². The molecule has 0 amide bonds. The van der Waals surface area contributed by atoms with Crippen molar-refractivity contribution in [3.8, 4) is 0 Å². The normalized spacial score (nSPS) is 23.2. The molecule has 2 aromatic rings. The Hall–Kier alpha value is -1.66. The van der Waals surface area contributed by atoms with E-state index in [1.54, 1.807) is 0 Å². The predicted molar refractivity (Wildman–Crippen MR) is 102 cm³/mol. The van der Waals surface area contributed by atoms with Crippen LogP contribution in [0.1, 0.15) is 38.9 Å². The Labute approximate surface area is 150 Å². The van der Waals surface area contributed by atoms with Gasteiger partial charge in [-0.1, -0.05) is 20.8 Å². The molecule has 2 saturated heterocycles. The highest BCUT2D eigenvalue weighted by Crippen LogP contribution is 2.29. The summed E-state index contributed by atoms with van der Waals surface area (Å²) in [6.45, 7) is 14.8. The van der Waals surface area contributed by atoms with Crippen molar-refractivity contribution in [1.82, 2.24) is 24.8 Å². The number of likely N-dealkylation sites (N-methyl/N-ethyl adjacent to an activating group) is 1. The Bertz CT molecular complexity index is 716. The van der Waals surface area contributed by atoms with Gasteiger partial charge in [-0.05, 0) is 19.0 Å². The van der Waals surface area contributed by atoms with Crippen LogP contribution in [0.4, 0.5) is 5.82 Å². The van der Waals surface area contributed by atoms with E-state index in [9.17, 15) is 0 Å². The van der Waals surface area contributed by atoms with Crippen LogP contribution in [-0.4, -0.2) is 76.6 Å². The van der Waals surface area contributed by atoms with Crippen molar-refractivity contribution < 1.29 is 0 Å². The largest absolute Gasteiger partial charge is 0.354 e. The van der Waals surface area contributed by atoms with Gasteiger partial charge in [0.2, 0.25) is 0 Å². The number of aromatic amines is 1. The average Bonchev–Trinajstić information content (AvgIpc) is 3.30. The summed E-state index contributed by atoms with van der Waals surface area (Å²) in [5, 5.41) is 1.15. The molecule has 136 valence electrons. The molecule has 0 aromatic carbocycles. The lowest BCUT2D eigenvalue weighted by molar-refractivity contribution is 0.107. The molecule has 4 heterocycles. The smallest absolute Gasteiger partial charge is 0.143 e. The van der Waals surface area contributed by atoms with Crippen molar-refractivity contribution in [3.05, 3.63) is 18.1 Å². The lowest BCUT2D eigenvalue weighted by Gasteiger charge is -2.37. The highest BCUT2D eigenvalue weighted by atomic mass is 15.3. The summed E-state index contributed by atoms with van der Waals surface area (Å²) in [4.78, 5) is 20.6. The third-order valence-electron chi connectivity index (χ3n) is 5.76. The molecular formula is C19H30N6. The number of hydrogen-bond acceptors (Lipinski definition) is 5. The van der Waals surface area contributed by atoms with Gasteiger partial charge < -0.3 is 14.8 Å². The highest BCUT2D eigenvalue weighted by Gasteiger charge is 2.31. The van der Waals surface area contributed by atoms with Crippen LogP contribution in [0.5, 0.6) is 0 Å². The van der Waals surface area contributed by atoms with Crippen LogP contribution in [0.2, 0.25) is 0 Å². The molecule has 2 aliphatic rings. The van der Waals surface area contributed by atoms with E-state index in [0.717, 1.165) is 35.8 Å². The number of rotatable bonds is 4. The maximum absolute atomic E-state index is 4.93. The minimum absolute atomic E-state index is 0.340. The van der Waals surface area contributed by atoms with Crippen molar-refractivity contribution in [3.63, 3.8) is 0 Å². The summed E-state index contributed by atoms with van der Waals surface area (Å²) in [5.74, 6) is 2.39. The molecule has 0 saturated carbocycles. The fourth-order valence-electron chi connectivity index (χ4n) is 4.12. The standard InChI is InChI=1S/C19H30N6/c1-4-23-9-11-24(12-10-23)15-6-8-25(13-15)19-16-5-7-20-18(16)21-17(22-19)14(2)3/h5,7,14-15H,4,6,8-13H2,1-3H3,(H,20,21,22)/t15-/m0/s1. The first-order valence-electron chi connectivity index (χ1n) is 9.72. The fourth-order valence-corrected chi connectivity index (χ4v) is 4.12. The zero-order chi connectivity index (χ0) is 17.4. The van der Waals surface area contributed by atoms with Crippen LogP contribution >= 0.6 is 0 Å². The predicted octanol–water partition coefficient (Wildman–Crippen LogP) is 2.30. The summed E-state index contributed by atoms with van der Waals surface area (Å²) >= 11 is 0. The number of fused-ring (bicyclic) bond motifs is 1. The lowest BCUT2D eigenvalue weighted by atomic mass is 10.2. The lowest BCUT2D eigenvalue weighted by Crippen LogP contribution is -2.50. The van der Waals surface area contributed by atoms with Crippen molar-refractivity contribution in [2.24, 2.45) is 0 Å². The van der Waals surface area contributed by atoms with Crippen LogP contribution in [-0.2, 0) is 0 Å². The summed E-state index contributed by atoms with van der Waals surface area (Å²) in [6.07, 6.45) is 3.21. The molecule has 0 radical (unpaired) electrons. The van der Waals surface area contributed by atoms with Crippen molar-refractivity contribution >= 4 is 16.9 Å². The Morgan fingerprint density at radius 2 is 1.96 bits per heavy atom. The molecule has 1 N–H and O–H groups in total. The second-order valence-electron chi connectivity index (χ2n) is 7.66. The molecule has 2 aliphatic heterocycles. The number of H-pyrrole nitrogens is 1. The molecule has 0 spiro atoms. The Balaban J connectivity index is 1.52. The Kier molecular flexibility index (Phi) is 4.65. The molecule has 0 bridgehead atoms. The maximum Gasteiger partial charge on any atom is 0.143 e. The number of anilines is 1. The first-order valence-corrected chi connectivity index (χ1v) is 9.72. The van der Waals surface area contributed by atoms with Gasteiger partial charge in [-0.3, -0.25) is 4.90 Å². The van der Waals surface area contributed by atoms with Gasteiger partial charge in [0.1, 0.15) is 17.3 Å². The van der Waals surface area contributed by atoms with Gasteiger partial charge >= 0.3 is 0 Å². The van der Waals surface area contributed by atoms with E-state index in [1.165, 1.54) is 39.1 Å². The monoisotopic (exact) mass is 342 g/mol. The van der Waals surface area contributed by atoms with Crippen LogP contribution < -0.4 is 4.90 Å². The van der Waals surface area contributed by atoms with E-state index in [0.29, 0.717) is 12.0 Å². The van der Waals surface area contributed by atoms with Crippen LogP contribution in [0.25, 0.3) is 11.0 Å². The van der Waals surface area contributed by atoms with Crippen LogP contribution in [0.3, 0.4) is 0 Å². The number of hydrogen-bond donors (Lipinski definition) is 1. The Morgan fingerprint density at radius 1 is 1.16 bits per heavy atom. The summed E-state index contributed by atoms with van der Waals surface area (Å²) < 4.78 is 0. The molecule has 25 heavy (non-hydrogen) atoms. The molecule has 1 atom stereocenters. The molecule has 2 aromatic heterocycles. The van der Waals surface area contributed by atoms with Gasteiger partial charge in [0.15, 0.2) is 0 Å². The third kappa shape index (κ3) is 3.25. The minimum atomic E-state index is 0.340. The zero-order valence-corrected chi connectivity index (χ0v) is 15.7.